The Labute approximate surface area is 83.1 Å². The molecular weight excluding hydrogens is 181 g/mol. The van der Waals surface area contributed by atoms with Gasteiger partial charge < -0.3 is 10.1 Å². The van der Waals surface area contributed by atoms with Gasteiger partial charge in [-0.05, 0) is 19.0 Å². The number of methoxy groups -OCH3 is 1. The summed E-state index contributed by atoms with van der Waals surface area (Å²) in [5, 5.41) is 3.20. The predicted octanol–water partition coefficient (Wildman–Crippen LogP) is 1.66. The third-order valence-electron chi connectivity index (χ3n) is 2.87. The molecule has 2 rings (SSSR count). The van der Waals surface area contributed by atoms with Gasteiger partial charge in [0.15, 0.2) is 0 Å². The summed E-state index contributed by atoms with van der Waals surface area (Å²) in [5.74, 6) is -0.182. The average Bonchev–Trinajstić information content (AvgIpc) is 2.68. The number of hydrogen-bond donors (Lipinski definition) is 1. The molecule has 14 heavy (non-hydrogen) atoms. The first kappa shape index (κ1) is 9.62. The zero-order valence-corrected chi connectivity index (χ0v) is 8.22. The van der Waals surface area contributed by atoms with Crippen molar-refractivity contribution in [2.24, 2.45) is 0 Å². The van der Waals surface area contributed by atoms with Crippen LogP contribution in [0.4, 0.5) is 4.39 Å². The highest BCUT2D eigenvalue weighted by Crippen LogP contribution is 2.32. The molecular formula is C11H14FNO. The molecule has 1 heterocycles. The second-order valence-corrected chi connectivity index (χ2v) is 3.61. The van der Waals surface area contributed by atoms with Gasteiger partial charge in [-0.2, -0.15) is 0 Å². The molecule has 0 saturated carbocycles. The smallest absolute Gasteiger partial charge is 0.129 e. The van der Waals surface area contributed by atoms with Crippen LogP contribution in [0.1, 0.15) is 12.0 Å². The van der Waals surface area contributed by atoms with Gasteiger partial charge in [-0.25, -0.2) is 4.39 Å². The van der Waals surface area contributed by atoms with Crippen LogP contribution in [0.3, 0.4) is 0 Å². The quantitative estimate of drug-likeness (QED) is 0.775. The highest BCUT2D eigenvalue weighted by Gasteiger charge is 2.37. The Hall–Kier alpha value is -0.930. The summed E-state index contributed by atoms with van der Waals surface area (Å²) < 4.78 is 19.0. The summed E-state index contributed by atoms with van der Waals surface area (Å²) in [6, 6.07) is 6.82. The second kappa shape index (κ2) is 3.67. The van der Waals surface area contributed by atoms with Crippen molar-refractivity contribution in [1.82, 2.24) is 5.32 Å². The van der Waals surface area contributed by atoms with Crippen molar-refractivity contribution in [3.63, 3.8) is 0 Å². The Kier molecular flexibility index (Phi) is 2.52. The summed E-state index contributed by atoms with van der Waals surface area (Å²) >= 11 is 0. The van der Waals surface area contributed by atoms with Gasteiger partial charge in [-0.3, -0.25) is 0 Å². The number of halogens is 1. The first-order valence-corrected chi connectivity index (χ1v) is 4.79. The van der Waals surface area contributed by atoms with E-state index in [-0.39, 0.29) is 5.82 Å². The number of nitrogens with one attached hydrogen (secondary N) is 1. The van der Waals surface area contributed by atoms with E-state index in [0.717, 1.165) is 13.0 Å². The molecule has 1 N–H and O–H groups in total. The van der Waals surface area contributed by atoms with Gasteiger partial charge in [0, 0.05) is 19.2 Å². The van der Waals surface area contributed by atoms with Gasteiger partial charge in [0.1, 0.15) is 11.4 Å². The van der Waals surface area contributed by atoms with Crippen LogP contribution in [0.15, 0.2) is 24.3 Å². The molecule has 1 atom stereocenters. The first-order chi connectivity index (χ1) is 6.78. The van der Waals surface area contributed by atoms with E-state index in [0.29, 0.717) is 12.1 Å². The molecule has 1 saturated heterocycles. The minimum atomic E-state index is -0.467. The van der Waals surface area contributed by atoms with Crippen molar-refractivity contribution >= 4 is 0 Å². The molecule has 0 aromatic heterocycles. The van der Waals surface area contributed by atoms with E-state index in [1.807, 2.05) is 6.07 Å². The van der Waals surface area contributed by atoms with Crippen molar-refractivity contribution in [3.05, 3.63) is 35.6 Å². The lowest BCUT2D eigenvalue weighted by Gasteiger charge is -2.27. The third-order valence-corrected chi connectivity index (χ3v) is 2.87. The van der Waals surface area contributed by atoms with Gasteiger partial charge in [0.2, 0.25) is 0 Å². The Morgan fingerprint density at radius 1 is 1.43 bits per heavy atom. The van der Waals surface area contributed by atoms with Crippen LogP contribution in [0, 0.1) is 5.82 Å². The van der Waals surface area contributed by atoms with Crippen LogP contribution in [0.25, 0.3) is 0 Å². The fourth-order valence-corrected chi connectivity index (χ4v) is 2.01. The van der Waals surface area contributed by atoms with E-state index >= 15 is 0 Å². The van der Waals surface area contributed by atoms with Gasteiger partial charge in [-0.15, -0.1) is 0 Å². The van der Waals surface area contributed by atoms with Gasteiger partial charge >= 0.3 is 0 Å². The molecule has 76 valence electrons. The normalized spacial score (nSPS) is 26.7. The molecule has 1 unspecified atom stereocenters. The molecule has 1 aromatic carbocycles. The van der Waals surface area contributed by atoms with Crippen LogP contribution in [-0.4, -0.2) is 20.2 Å². The van der Waals surface area contributed by atoms with Crippen LogP contribution < -0.4 is 5.32 Å². The molecule has 0 bridgehead atoms. The van der Waals surface area contributed by atoms with Crippen LogP contribution in [0.2, 0.25) is 0 Å². The van der Waals surface area contributed by atoms with Crippen molar-refractivity contribution in [1.29, 1.82) is 0 Å². The molecule has 2 nitrogen and oxygen atoms in total. The minimum absolute atomic E-state index is 0.182. The van der Waals surface area contributed by atoms with E-state index < -0.39 is 5.60 Å². The lowest BCUT2D eigenvalue weighted by Crippen LogP contribution is -2.32. The summed E-state index contributed by atoms with van der Waals surface area (Å²) in [7, 11) is 1.64. The predicted molar refractivity (Wildman–Crippen MR) is 52.6 cm³/mol. The van der Waals surface area contributed by atoms with E-state index in [1.54, 1.807) is 19.2 Å². The standard InChI is InChI=1S/C11H14FNO/c1-14-11(6-7-13-8-11)9-4-2-3-5-10(9)12/h2-5,13H,6-8H2,1H3. The molecule has 0 radical (unpaired) electrons. The Morgan fingerprint density at radius 2 is 2.21 bits per heavy atom. The summed E-state index contributed by atoms with van der Waals surface area (Å²) in [5.41, 5.74) is 0.193. The lowest BCUT2D eigenvalue weighted by atomic mass is 9.92. The fourth-order valence-electron chi connectivity index (χ4n) is 2.01. The number of ether oxygens (including phenoxy) is 1. The average molecular weight is 195 g/mol. The van der Waals surface area contributed by atoms with Crippen molar-refractivity contribution in [3.8, 4) is 0 Å². The van der Waals surface area contributed by atoms with Gasteiger partial charge in [0.05, 0.1) is 0 Å². The first-order valence-electron chi connectivity index (χ1n) is 4.79. The fraction of sp³-hybridized carbons (Fsp3) is 0.455. The molecule has 0 aliphatic carbocycles. The molecule has 0 spiro atoms. The van der Waals surface area contributed by atoms with Crippen LogP contribution in [-0.2, 0) is 10.3 Å². The zero-order valence-electron chi connectivity index (χ0n) is 8.22. The largest absolute Gasteiger partial charge is 0.372 e. The SMILES string of the molecule is COC1(c2ccccc2F)CCNC1. The lowest BCUT2D eigenvalue weighted by molar-refractivity contribution is 0.000375. The highest BCUT2D eigenvalue weighted by molar-refractivity contribution is 5.26. The monoisotopic (exact) mass is 195 g/mol. The van der Waals surface area contributed by atoms with E-state index in [9.17, 15) is 4.39 Å². The van der Waals surface area contributed by atoms with Crippen LogP contribution in [0.5, 0.6) is 0 Å². The van der Waals surface area contributed by atoms with E-state index in [4.69, 9.17) is 4.74 Å². The molecule has 1 aliphatic heterocycles. The Morgan fingerprint density at radius 3 is 2.79 bits per heavy atom. The number of hydrogen-bond acceptors (Lipinski definition) is 2. The highest BCUT2D eigenvalue weighted by atomic mass is 19.1. The minimum Gasteiger partial charge on any atom is -0.372 e. The van der Waals surface area contributed by atoms with Gasteiger partial charge in [0.25, 0.3) is 0 Å². The summed E-state index contributed by atoms with van der Waals surface area (Å²) in [6.07, 6.45) is 0.824. The van der Waals surface area contributed by atoms with E-state index in [1.165, 1.54) is 6.07 Å². The Bertz CT molecular complexity index is 321. The summed E-state index contributed by atoms with van der Waals surface area (Å²) in [4.78, 5) is 0. The molecule has 0 amide bonds. The Balaban J connectivity index is 2.41. The molecule has 1 fully saturated rings. The molecule has 3 heteroatoms. The van der Waals surface area contributed by atoms with Gasteiger partial charge in [-0.1, -0.05) is 18.2 Å². The maximum absolute atomic E-state index is 13.6. The third kappa shape index (κ3) is 1.42. The summed E-state index contributed by atoms with van der Waals surface area (Å²) in [6.45, 7) is 1.56. The zero-order chi connectivity index (χ0) is 10.0. The maximum Gasteiger partial charge on any atom is 0.129 e. The van der Waals surface area contributed by atoms with Crippen molar-refractivity contribution in [2.45, 2.75) is 12.0 Å². The number of benzene rings is 1. The van der Waals surface area contributed by atoms with Crippen LogP contribution >= 0.6 is 0 Å². The van der Waals surface area contributed by atoms with Crippen molar-refractivity contribution in [2.75, 3.05) is 20.2 Å². The maximum atomic E-state index is 13.6. The van der Waals surface area contributed by atoms with E-state index in [2.05, 4.69) is 5.32 Å². The topological polar surface area (TPSA) is 21.3 Å². The molecule has 1 aliphatic rings. The number of rotatable bonds is 2. The molecule has 1 aromatic rings. The second-order valence-electron chi connectivity index (χ2n) is 3.61. The van der Waals surface area contributed by atoms with Crippen molar-refractivity contribution < 1.29 is 9.13 Å².